The fourth-order valence-electron chi connectivity index (χ4n) is 1.30. The standard InChI is InChI=1S/C11H22/c1-4-7-8-9-10-11(5-2)6-3/h5H,4,6-10H2,1-3H3. The van der Waals surface area contributed by atoms with Gasteiger partial charge >= 0.3 is 0 Å². The van der Waals surface area contributed by atoms with E-state index in [4.69, 9.17) is 0 Å². The fourth-order valence-corrected chi connectivity index (χ4v) is 1.30. The van der Waals surface area contributed by atoms with E-state index in [-0.39, 0.29) is 0 Å². The molecule has 0 aliphatic heterocycles. The minimum absolute atomic E-state index is 1.24. The van der Waals surface area contributed by atoms with Crippen LogP contribution in [0.1, 0.15) is 59.3 Å². The summed E-state index contributed by atoms with van der Waals surface area (Å²) in [5.41, 5.74) is 1.63. The van der Waals surface area contributed by atoms with Crippen LogP contribution in [0.25, 0.3) is 0 Å². The second kappa shape index (κ2) is 7.84. The van der Waals surface area contributed by atoms with Crippen LogP contribution in [-0.2, 0) is 0 Å². The summed E-state index contributed by atoms with van der Waals surface area (Å²) in [6.07, 6.45) is 10.4. The maximum absolute atomic E-state index is 2.27. The molecule has 0 heterocycles. The smallest absolute Gasteiger partial charge is 0.0321 e. The van der Waals surface area contributed by atoms with Crippen LogP contribution >= 0.6 is 0 Å². The van der Waals surface area contributed by atoms with Crippen LogP contribution in [0.4, 0.5) is 0 Å². The van der Waals surface area contributed by atoms with E-state index in [9.17, 15) is 0 Å². The third-order valence-electron chi connectivity index (χ3n) is 2.21. The van der Waals surface area contributed by atoms with E-state index in [1.807, 2.05) is 0 Å². The molecule has 0 atom stereocenters. The third-order valence-corrected chi connectivity index (χ3v) is 2.21. The van der Waals surface area contributed by atoms with Crippen molar-refractivity contribution in [2.75, 3.05) is 0 Å². The molecule has 0 aromatic heterocycles. The Morgan fingerprint density at radius 2 is 1.82 bits per heavy atom. The van der Waals surface area contributed by atoms with Crippen molar-refractivity contribution in [2.24, 2.45) is 0 Å². The molecule has 0 saturated carbocycles. The fraction of sp³-hybridized carbons (Fsp3) is 0.818. The van der Waals surface area contributed by atoms with E-state index in [1.54, 1.807) is 5.57 Å². The molecule has 0 nitrogen and oxygen atoms in total. The zero-order chi connectivity index (χ0) is 8.53. The highest BCUT2D eigenvalue weighted by Gasteiger charge is 1.92. The molecule has 0 radical (unpaired) electrons. The number of hydrogen-bond donors (Lipinski definition) is 0. The second-order valence-corrected chi connectivity index (χ2v) is 3.11. The van der Waals surface area contributed by atoms with E-state index in [2.05, 4.69) is 26.8 Å². The lowest BCUT2D eigenvalue weighted by atomic mass is 10.0. The summed E-state index contributed by atoms with van der Waals surface area (Å²) in [6, 6.07) is 0. The molecule has 0 amide bonds. The maximum Gasteiger partial charge on any atom is -0.0321 e. The molecule has 0 fully saturated rings. The van der Waals surface area contributed by atoms with Crippen LogP contribution in [0.3, 0.4) is 0 Å². The van der Waals surface area contributed by atoms with Gasteiger partial charge in [0.05, 0.1) is 0 Å². The Morgan fingerprint density at radius 1 is 1.09 bits per heavy atom. The molecule has 11 heavy (non-hydrogen) atoms. The average molecular weight is 154 g/mol. The molecule has 0 aliphatic rings. The summed E-state index contributed by atoms with van der Waals surface area (Å²) in [5.74, 6) is 0. The van der Waals surface area contributed by atoms with Crippen molar-refractivity contribution in [1.82, 2.24) is 0 Å². The number of unbranched alkanes of at least 4 members (excludes halogenated alkanes) is 3. The molecule has 0 rings (SSSR count). The summed E-state index contributed by atoms with van der Waals surface area (Å²) >= 11 is 0. The molecule has 0 unspecified atom stereocenters. The lowest BCUT2D eigenvalue weighted by molar-refractivity contribution is 0.657. The zero-order valence-electron chi connectivity index (χ0n) is 8.32. The Kier molecular flexibility index (Phi) is 7.66. The van der Waals surface area contributed by atoms with E-state index < -0.39 is 0 Å². The topological polar surface area (TPSA) is 0 Å². The number of hydrogen-bond acceptors (Lipinski definition) is 0. The molecule has 0 N–H and O–H groups in total. The molecule has 0 spiro atoms. The SMILES string of the molecule is CC=C(CC)CCCCCC. The highest BCUT2D eigenvalue weighted by molar-refractivity contribution is 4.98. The van der Waals surface area contributed by atoms with Crippen molar-refractivity contribution in [3.05, 3.63) is 11.6 Å². The average Bonchev–Trinajstić information content (AvgIpc) is 2.05. The summed E-state index contributed by atoms with van der Waals surface area (Å²) < 4.78 is 0. The molecule has 66 valence electrons. The number of allylic oxidation sites excluding steroid dienone is 2. The van der Waals surface area contributed by atoms with Crippen LogP contribution in [0.2, 0.25) is 0 Å². The highest BCUT2D eigenvalue weighted by Crippen LogP contribution is 2.12. The monoisotopic (exact) mass is 154 g/mol. The van der Waals surface area contributed by atoms with Crippen LogP contribution in [0.5, 0.6) is 0 Å². The molecular weight excluding hydrogens is 132 g/mol. The van der Waals surface area contributed by atoms with Crippen molar-refractivity contribution >= 4 is 0 Å². The number of rotatable bonds is 6. The van der Waals surface area contributed by atoms with Crippen LogP contribution in [0.15, 0.2) is 11.6 Å². The van der Waals surface area contributed by atoms with Crippen LogP contribution in [-0.4, -0.2) is 0 Å². The first kappa shape index (κ1) is 10.7. The lowest BCUT2D eigenvalue weighted by Gasteiger charge is -2.02. The van der Waals surface area contributed by atoms with Crippen molar-refractivity contribution in [2.45, 2.75) is 59.3 Å². The van der Waals surface area contributed by atoms with Gasteiger partial charge in [0.15, 0.2) is 0 Å². The summed E-state index contributed by atoms with van der Waals surface area (Å²) in [5, 5.41) is 0. The Hall–Kier alpha value is -0.260. The predicted molar refractivity (Wildman–Crippen MR) is 52.8 cm³/mol. The molecule has 0 aromatic carbocycles. The minimum Gasteiger partial charge on any atom is -0.0885 e. The van der Waals surface area contributed by atoms with E-state index >= 15 is 0 Å². The first-order valence-electron chi connectivity index (χ1n) is 4.99. The molecule has 0 aliphatic carbocycles. The van der Waals surface area contributed by atoms with Gasteiger partial charge in [-0.25, -0.2) is 0 Å². The largest absolute Gasteiger partial charge is 0.0885 e. The molecule has 0 aromatic rings. The lowest BCUT2D eigenvalue weighted by Crippen LogP contribution is -1.82. The van der Waals surface area contributed by atoms with E-state index in [1.165, 1.54) is 38.5 Å². The summed E-state index contributed by atoms with van der Waals surface area (Å²) in [4.78, 5) is 0. The first-order chi connectivity index (χ1) is 5.35. The Morgan fingerprint density at radius 3 is 2.27 bits per heavy atom. The van der Waals surface area contributed by atoms with Gasteiger partial charge < -0.3 is 0 Å². The molecular formula is C11H22. The first-order valence-corrected chi connectivity index (χ1v) is 4.99. The van der Waals surface area contributed by atoms with Crippen molar-refractivity contribution in [1.29, 1.82) is 0 Å². The molecule has 0 heteroatoms. The van der Waals surface area contributed by atoms with Gasteiger partial charge in [-0.15, -0.1) is 0 Å². The summed E-state index contributed by atoms with van der Waals surface area (Å²) in [6.45, 7) is 6.66. The van der Waals surface area contributed by atoms with E-state index in [0.29, 0.717) is 0 Å². The van der Waals surface area contributed by atoms with E-state index in [0.717, 1.165) is 0 Å². The minimum atomic E-state index is 1.24. The van der Waals surface area contributed by atoms with Gasteiger partial charge in [-0.1, -0.05) is 44.8 Å². The Labute approximate surface area is 71.7 Å². The van der Waals surface area contributed by atoms with Crippen LogP contribution in [0, 0.1) is 0 Å². The normalized spacial score (nSPS) is 12.1. The molecule has 0 bridgehead atoms. The van der Waals surface area contributed by atoms with Gasteiger partial charge in [0.25, 0.3) is 0 Å². The van der Waals surface area contributed by atoms with Gasteiger partial charge in [-0.2, -0.15) is 0 Å². The van der Waals surface area contributed by atoms with Gasteiger partial charge in [0, 0.05) is 0 Å². The van der Waals surface area contributed by atoms with Gasteiger partial charge in [0.2, 0.25) is 0 Å². The third kappa shape index (κ3) is 6.15. The quantitative estimate of drug-likeness (QED) is 0.395. The van der Waals surface area contributed by atoms with Gasteiger partial charge in [-0.3, -0.25) is 0 Å². The summed E-state index contributed by atoms with van der Waals surface area (Å²) in [7, 11) is 0. The van der Waals surface area contributed by atoms with Crippen molar-refractivity contribution < 1.29 is 0 Å². The maximum atomic E-state index is 2.27. The van der Waals surface area contributed by atoms with Crippen molar-refractivity contribution in [3.63, 3.8) is 0 Å². The zero-order valence-corrected chi connectivity index (χ0v) is 8.32. The van der Waals surface area contributed by atoms with Crippen molar-refractivity contribution in [3.8, 4) is 0 Å². The highest BCUT2D eigenvalue weighted by atomic mass is 14.0. The Bertz CT molecular complexity index is 101. The predicted octanol–water partition coefficient (Wildman–Crippen LogP) is 4.31. The molecule has 0 saturated heterocycles. The van der Waals surface area contributed by atoms with Crippen LogP contribution < -0.4 is 0 Å². The van der Waals surface area contributed by atoms with Gasteiger partial charge in [0.1, 0.15) is 0 Å². The Balaban J connectivity index is 3.22. The van der Waals surface area contributed by atoms with Gasteiger partial charge in [-0.05, 0) is 26.2 Å². The second-order valence-electron chi connectivity index (χ2n) is 3.11.